The molecule has 3 N–H and O–H groups in total. The lowest BCUT2D eigenvalue weighted by Gasteiger charge is -2.38. The number of amides is 3. The molecule has 1 aromatic carbocycles. The van der Waals surface area contributed by atoms with Gasteiger partial charge in [-0.1, -0.05) is 0 Å². The van der Waals surface area contributed by atoms with Crippen molar-refractivity contribution in [2.75, 3.05) is 38.1 Å². The third-order valence-corrected chi connectivity index (χ3v) is 5.33. The van der Waals surface area contributed by atoms with Gasteiger partial charge in [0.2, 0.25) is 11.8 Å². The summed E-state index contributed by atoms with van der Waals surface area (Å²) in [6, 6.07) is 3.47. The fraction of sp³-hybridized carbons (Fsp3) is 0.500. The Morgan fingerprint density at radius 2 is 1.77 bits per heavy atom. The van der Waals surface area contributed by atoms with Gasteiger partial charge < -0.3 is 20.0 Å². The molecule has 2 aromatic rings. The minimum atomic E-state index is -1.14. The van der Waals surface area contributed by atoms with E-state index in [9.17, 15) is 19.5 Å². The summed E-state index contributed by atoms with van der Waals surface area (Å²) in [5, 5.41) is 25.8. The monoisotopic (exact) mass is 417 g/mol. The number of aliphatic hydroxyl groups is 1. The molecule has 0 atom stereocenters. The van der Waals surface area contributed by atoms with Crippen molar-refractivity contribution in [3.05, 3.63) is 23.9 Å². The zero-order chi connectivity index (χ0) is 22.1. The van der Waals surface area contributed by atoms with Gasteiger partial charge in [-0.25, -0.2) is 4.79 Å². The molecule has 162 valence electrons. The Bertz CT molecular complexity index is 975. The van der Waals surface area contributed by atoms with Crippen LogP contribution in [0.2, 0.25) is 0 Å². The van der Waals surface area contributed by atoms with Crippen molar-refractivity contribution in [3.8, 4) is 0 Å². The predicted octanol–water partition coefficient (Wildman–Crippen LogP) is 1.12. The van der Waals surface area contributed by atoms with Crippen molar-refractivity contribution in [1.29, 1.82) is 0 Å². The maximum atomic E-state index is 12.7. The number of carboxylic acid groups (broad SMARTS) is 1. The highest BCUT2D eigenvalue weighted by Crippen LogP contribution is 2.23. The first-order chi connectivity index (χ1) is 14.1. The summed E-state index contributed by atoms with van der Waals surface area (Å²) in [6.07, 6.45) is 0.573. The molecule has 10 nitrogen and oxygen atoms in total. The summed E-state index contributed by atoms with van der Waals surface area (Å²) in [5.41, 5.74) is 1.08. The van der Waals surface area contributed by atoms with Crippen LogP contribution in [-0.2, 0) is 16.1 Å². The van der Waals surface area contributed by atoms with Crippen molar-refractivity contribution in [1.82, 2.24) is 19.6 Å². The Hall–Kier alpha value is -3.14. The van der Waals surface area contributed by atoms with E-state index in [1.807, 2.05) is 0 Å². The van der Waals surface area contributed by atoms with Crippen LogP contribution >= 0.6 is 0 Å². The number of piperazine rings is 1. The molecular formula is C20H27N5O5. The molecule has 1 aliphatic heterocycles. The molecule has 0 aliphatic carbocycles. The first kappa shape index (κ1) is 21.6. The molecule has 3 amide bonds. The number of aryl methyl sites for hydroxylation is 1. The van der Waals surface area contributed by atoms with Crippen LogP contribution in [0.4, 0.5) is 10.5 Å². The highest BCUT2D eigenvalue weighted by molar-refractivity contribution is 5.90. The minimum absolute atomic E-state index is 0.0610. The molecule has 0 unspecified atom stereocenters. The molecule has 0 bridgehead atoms. The van der Waals surface area contributed by atoms with Crippen molar-refractivity contribution in [3.63, 3.8) is 0 Å². The van der Waals surface area contributed by atoms with Gasteiger partial charge in [-0.15, -0.1) is 0 Å². The quantitative estimate of drug-likeness (QED) is 0.669. The summed E-state index contributed by atoms with van der Waals surface area (Å²) in [7, 11) is 0. The second-order valence-corrected chi connectivity index (χ2v) is 8.20. The van der Waals surface area contributed by atoms with Gasteiger partial charge in [-0.2, -0.15) is 5.10 Å². The SMILES string of the molecule is Cc1cc2nn(CC(=O)N3CCN(C(=O)C(C)(C)CO)CC3)cc2cc1NC(=O)O. The molecule has 2 heterocycles. The first-order valence-corrected chi connectivity index (χ1v) is 9.76. The van der Waals surface area contributed by atoms with Gasteiger partial charge in [0.25, 0.3) is 0 Å². The number of aromatic nitrogens is 2. The van der Waals surface area contributed by atoms with Crippen LogP contribution < -0.4 is 5.32 Å². The molecule has 1 saturated heterocycles. The van der Waals surface area contributed by atoms with Crippen LogP contribution in [0.15, 0.2) is 18.3 Å². The van der Waals surface area contributed by atoms with E-state index in [1.165, 1.54) is 0 Å². The summed E-state index contributed by atoms with van der Waals surface area (Å²) in [5.74, 6) is -0.214. The number of hydrogen-bond acceptors (Lipinski definition) is 5. The highest BCUT2D eigenvalue weighted by Gasteiger charge is 2.33. The maximum absolute atomic E-state index is 12.7. The second kappa shape index (κ2) is 8.31. The number of fused-ring (bicyclic) bond motifs is 1. The smallest absolute Gasteiger partial charge is 0.409 e. The predicted molar refractivity (Wildman–Crippen MR) is 110 cm³/mol. The lowest BCUT2D eigenvalue weighted by Crippen LogP contribution is -2.54. The van der Waals surface area contributed by atoms with E-state index in [-0.39, 0.29) is 25.0 Å². The number of carbonyl (C=O) groups excluding carboxylic acids is 2. The third kappa shape index (κ3) is 4.54. The molecule has 0 saturated carbocycles. The fourth-order valence-corrected chi connectivity index (χ4v) is 3.45. The number of carbonyl (C=O) groups is 3. The van der Waals surface area contributed by atoms with Gasteiger partial charge >= 0.3 is 6.09 Å². The largest absolute Gasteiger partial charge is 0.465 e. The lowest BCUT2D eigenvalue weighted by atomic mass is 9.92. The molecular weight excluding hydrogens is 390 g/mol. The molecule has 0 radical (unpaired) electrons. The Balaban J connectivity index is 1.63. The normalized spacial score (nSPS) is 14.8. The first-order valence-electron chi connectivity index (χ1n) is 9.76. The van der Waals surface area contributed by atoms with E-state index < -0.39 is 11.5 Å². The van der Waals surface area contributed by atoms with E-state index in [0.29, 0.717) is 37.4 Å². The summed E-state index contributed by atoms with van der Waals surface area (Å²) in [6.45, 7) is 6.75. The van der Waals surface area contributed by atoms with Crippen molar-refractivity contribution in [2.45, 2.75) is 27.3 Å². The summed E-state index contributed by atoms with van der Waals surface area (Å²) < 4.78 is 1.55. The second-order valence-electron chi connectivity index (χ2n) is 8.20. The standard InChI is InChI=1S/C20H27N5O5/c1-13-8-16-14(9-15(13)21-19(29)30)10-25(22-16)11-17(27)23-4-6-24(7-5-23)18(28)20(2,3)12-26/h8-10,21,26H,4-7,11-12H2,1-3H3,(H,29,30). The van der Waals surface area contributed by atoms with E-state index in [2.05, 4.69) is 10.4 Å². The van der Waals surface area contributed by atoms with Gasteiger partial charge in [0.15, 0.2) is 0 Å². The Kier molecular flexibility index (Phi) is 5.97. The van der Waals surface area contributed by atoms with Crippen LogP contribution in [-0.4, -0.2) is 80.5 Å². The number of rotatable bonds is 5. The van der Waals surface area contributed by atoms with E-state index in [4.69, 9.17) is 5.11 Å². The molecule has 1 aliphatic rings. The van der Waals surface area contributed by atoms with Gasteiger partial charge in [0.05, 0.1) is 17.5 Å². The zero-order valence-electron chi connectivity index (χ0n) is 17.4. The number of nitrogens with one attached hydrogen (secondary N) is 1. The number of aliphatic hydroxyl groups excluding tert-OH is 1. The van der Waals surface area contributed by atoms with Crippen LogP contribution in [0.5, 0.6) is 0 Å². The van der Waals surface area contributed by atoms with Crippen LogP contribution in [0, 0.1) is 12.3 Å². The lowest BCUT2D eigenvalue weighted by molar-refractivity contribution is -0.147. The Labute approximate surface area is 174 Å². The average Bonchev–Trinajstić information content (AvgIpc) is 3.08. The highest BCUT2D eigenvalue weighted by atomic mass is 16.4. The average molecular weight is 417 g/mol. The van der Waals surface area contributed by atoms with Crippen molar-refractivity contribution >= 4 is 34.5 Å². The summed E-state index contributed by atoms with van der Waals surface area (Å²) >= 11 is 0. The third-order valence-electron chi connectivity index (χ3n) is 5.33. The van der Waals surface area contributed by atoms with Crippen molar-refractivity contribution in [2.24, 2.45) is 5.41 Å². The van der Waals surface area contributed by atoms with E-state index >= 15 is 0 Å². The Morgan fingerprint density at radius 1 is 1.13 bits per heavy atom. The number of nitrogens with zero attached hydrogens (tertiary/aromatic N) is 4. The molecule has 1 fully saturated rings. The van der Waals surface area contributed by atoms with Crippen LogP contribution in [0.3, 0.4) is 0 Å². The topological polar surface area (TPSA) is 128 Å². The maximum Gasteiger partial charge on any atom is 0.409 e. The summed E-state index contributed by atoms with van der Waals surface area (Å²) in [4.78, 5) is 39.4. The van der Waals surface area contributed by atoms with E-state index in [1.54, 1.807) is 53.6 Å². The van der Waals surface area contributed by atoms with Gasteiger partial charge in [-0.3, -0.25) is 19.6 Å². The molecule has 3 rings (SSSR count). The van der Waals surface area contributed by atoms with Gasteiger partial charge in [0, 0.05) is 43.4 Å². The van der Waals surface area contributed by atoms with E-state index in [0.717, 1.165) is 10.9 Å². The fourth-order valence-electron chi connectivity index (χ4n) is 3.45. The van der Waals surface area contributed by atoms with Gasteiger partial charge in [0.1, 0.15) is 6.54 Å². The van der Waals surface area contributed by atoms with Gasteiger partial charge in [-0.05, 0) is 38.5 Å². The molecule has 30 heavy (non-hydrogen) atoms. The number of anilines is 1. The Morgan fingerprint density at radius 3 is 2.37 bits per heavy atom. The molecule has 1 aromatic heterocycles. The number of hydrogen-bond donors (Lipinski definition) is 3. The van der Waals surface area contributed by atoms with Crippen molar-refractivity contribution < 1.29 is 24.6 Å². The van der Waals surface area contributed by atoms with Crippen LogP contribution in [0.25, 0.3) is 10.9 Å². The minimum Gasteiger partial charge on any atom is -0.465 e. The molecule has 0 spiro atoms. The zero-order valence-corrected chi connectivity index (χ0v) is 17.4. The number of benzene rings is 1. The molecule has 10 heteroatoms. The van der Waals surface area contributed by atoms with Crippen LogP contribution in [0.1, 0.15) is 19.4 Å².